The van der Waals surface area contributed by atoms with Gasteiger partial charge in [-0.05, 0) is 49.4 Å². The van der Waals surface area contributed by atoms with Crippen LogP contribution in [0.3, 0.4) is 0 Å². The van der Waals surface area contributed by atoms with E-state index in [2.05, 4.69) is 25.0 Å². The van der Waals surface area contributed by atoms with E-state index in [1.165, 1.54) is 37.6 Å². The van der Waals surface area contributed by atoms with Gasteiger partial charge in [0.1, 0.15) is 12.3 Å². The standard InChI is InChI=1S/C27H31N5O4S/c1-17-7-6-8-18(2)25(17)22-15-24-31-27(30-22)32-37(34,35)21-11-12-28-23(14-21)26(33)29-20(16-36-24)13-19-9-4-3-5-10-19/h6-8,11-12,14-15,19-20H,3-5,9-10,13,16H2,1-2H3,(H,29,33)(H,30,31,32)/t20-/m1/s1. The van der Waals surface area contributed by atoms with Gasteiger partial charge >= 0.3 is 0 Å². The zero-order chi connectivity index (χ0) is 26.0. The number of rotatable bonds is 3. The first kappa shape index (κ1) is 25.1. The van der Waals surface area contributed by atoms with Gasteiger partial charge in [-0.1, -0.05) is 50.3 Å². The number of fused-ring (bicyclic) bond motifs is 4. The Balaban J connectivity index is 1.57. The average molecular weight is 522 g/mol. The Kier molecular flexibility index (Phi) is 7.10. The first-order chi connectivity index (χ1) is 17.8. The zero-order valence-corrected chi connectivity index (χ0v) is 21.8. The number of nitrogens with zero attached hydrogens (tertiary/aromatic N) is 3. The summed E-state index contributed by atoms with van der Waals surface area (Å²) in [5, 5.41) is 3.03. The third-order valence-corrected chi connectivity index (χ3v) is 8.38. The highest BCUT2D eigenvalue weighted by Crippen LogP contribution is 2.31. The maximum absolute atomic E-state index is 13.2. The zero-order valence-electron chi connectivity index (χ0n) is 21.0. The van der Waals surface area contributed by atoms with Gasteiger partial charge in [-0.25, -0.2) is 18.1 Å². The molecule has 9 nitrogen and oxygen atoms in total. The molecule has 2 aliphatic rings. The predicted octanol–water partition coefficient (Wildman–Crippen LogP) is 4.42. The molecule has 1 aliphatic heterocycles. The van der Waals surface area contributed by atoms with E-state index in [0.29, 0.717) is 11.6 Å². The molecule has 3 aromatic rings. The van der Waals surface area contributed by atoms with E-state index in [4.69, 9.17) is 4.74 Å². The SMILES string of the molecule is Cc1cccc(C)c1-c1cc2nc(n1)NS(=O)(=O)c1ccnc(c1)C(=O)N[C@H](CC1CCCCC1)CO2. The molecule has 0 radical (unpaired) electrons. The fraction of sp³-hybridized carbons (Fsp3) is 0.407. The van der Waals surface area contributed by atoms with E-state index in [1.54, 1.807) is 6.07 Å². The Morgan fingerprint density at radius 3 is 2.51 bits per heavy atom. The van der Waals surface area contributed by atoms with Gasteiger partial charge in [0, 0.05) is 17.8 Å². The molecular weight excluding hydrogens is 490 g/mol. The summed E-state index contributed by atoms with van der Waals surface area (Å²) in [5.41, 5.74) is 3.46. The minimum absolute atomic E-state index is 0.0274. The molecule has 1 atom stereocenters. The van der Waals surface area contributed by atoms with Gasteiger partial charge in [0.2, 0.25) is 11.8 Å². The smallest absolute Gasteiger partial charge is 0.270 e. The summed E-state index contributed by atoms with van der Waals surface area (Å²) in [5.74, 6) is 0.189. The molecule has 2 aromatic heterocycles. The van der Waals surface area contributed by atoms with Crippen LogP contribution in [0.5, 0.6) is 5.88 Å². The molecule has 10 heteroatoms. The minimum atomic E-state index is -4.09. The number of carbonyl (C=O) groups is 1. The molecule has 1 saturated carbocycles. The number of carbonyl (C=O) groups excluding carboxylic acids is 1. The maximum Gasteiger partial charge on any atom is 0.270 e. The van der Waals surface area contributed by atoms with Gasteiger partial charge in [-0.3, -0.25) is 9.78 Å². The van der Waals surface area contributed by atoms with Crippen LogP contribution >= 0.6 is 0 Å². The summed E-state index contributed by atoms with van der Waals surface area (Å²) in [6.07, 6.45) is 7.95. The second-order valence-corrected chi connectivity index (χ2v) is 11.6. The van der Waals surface area contributed by atoms with Crippen molar-refractivity contribution in [1.82, 2.24) is 20.3 Å². The molecule has 194 valence electrons. The van der Waals surface area contributed by atoms with Crippen molar-refractivity contribution in [1.29, 1.82) is 0 Å². The largest absolute Gasteiger partial charge is 0.475 e. The van der Waals surface area contributed by atoms with Gasteiger partial charge < -0.3 is 10.1 Å². The van der Waals surface area contributed by atoms with Crippen LogP contribution < -0.4 is 14.8 Å². The molecule has 1 fully saturated rings. The second-order valence-electron chi connectivity index (χ2n) is 9.89. The first-order valence-corrected chi connectivity index (χ1v) is 14.1. The van der Waals surface area contributed by atoms with Gasteiger partial charge in [-0.15, -0.1) is 0 Å². The highest BCUT2D eigenvalue weighted by Gasteiger charge is 2.25. The molecule has 0 spiro atoms. The Bertz CT molecular complexity index is 1400. The Morgan fingerprint density at radius 1 is 1.00 bits per heavy atom. The van der Waals surface area contributed by atoms with Crippen LogP contribution in [0.15, 0.2) is 47.5 Å². The lowest BCUT2D eigenvalue weighted by molar-refractivity contribution is 0.0902. The number of aromatic nitrogens is 3. The topological polar surface area (TPSA) is 123 Å². The Labute approximate surface area is 217 Å². The summed E-state index contributed by atoms with van der Waals surface area (Å²) < 4.78 is 35.0. The van der Waals surface area contributed by atoms with Crippen LogP contribution in [0, 0.1) is 19.8 Å². The van der Waals surface area contributed by atoms with Crippen molar-refractivity contribution < 1.29 is 17.9 Å². The van der Waals surface area contributed by atoms with Crippen LogP contribution in [0.25, 0.3) is 11.3 Å². The first-order valence-electron chi connectivity index (χ1n) is 12.7. The van der Waals surface area contributed by atoms with E-state index >= 15 is 0 Å². The lowest BCUT2D eigenvalue weighted by Crippen LogP contribution is -2.41. The number of nitrogens with one attached hydrogen (secondary N) is 2. The van der Waals surface area contributed by atoms with Gasteiger partial charge in [-0.2, -0.15) is 4.98 Å². The number of ether oxygens (including phenoxy) is 1. The summed E-state index contributed by atoms with van der Waals surface area (Å²) in [6, 6.07) is 9.96. The Hall–Kier alpha value is -3.53. The van der Waals surface area contributed by atoms with Crippen LogP contribution in [0.2, 0.25) is 0 Å². The van der Waals surface area contributed by atoms with E-state index in [1.807, 2.05) is 32.0 Å². The minimum Gasteiger partial charge on any atom is -0.475 e. The van der Waals surface area contributed by atoms with Gasteiger partial charge in [0.15, 0.2) is 0 Å². The van der Waals surface area contributed by atoms with E-state index in [-0.39, 0.29) is 35.1 Å². The summed E-state index contributed by atoms with van der Waals surface area (Å²) in [7, 11) is -4.09. The number of amides is 1. The maximum atomic E-state index is 13.2. The molecular formula is C27H31N5O4S. The molecule has 3 heterocycles. The van der Waals surface area contributed by atoms with Crippen molar-refractivity contribution in [2.45, 2.75) is 63.3 Å². The summed E-state index contributed by atoms with van der Waals surface area (Å²) in [4.78, 5) is 26.0. The highest BCUT2D eigenvalue weighted by atomic mass is 32.2. The second kappa shape index (κ2) is 10.5. The predicted molar refractivity (Wildman–Crippen MR) is 140 cm³/mol. The van der Waals surface area contributed by atoms with E-state index < -0.39 is 15.9 Å². The third kappa shape index (κ3) is 5.74. The number of hydrogen-bond acceptors (Lipinski definition) is 7. The molecule has 5 rings (SSSR count). The number of aryl methyl sites for hydroxylation is 2. The molecule has 37 heavy (non-hydrogen) atoms. The van der Waals surface area contributed by atoms with Crippen molar-refractivity contribution in [3.05, 3.63) is 59.4 Å². The third-order valence-electron chi connectivity index (χ3n) is 7.05. The average Bonchev–Trinajstić information content (AvgIpc) is 2.87. The molecule has 1 aromatic carbocycles. The van der Waals surface area contributed by atoms with Crippen molar-refractivity contribution in [3.63, 3.8) is 0 Å². The molecule has 4 bridgehead atoms. The van der Waals surface area contributed by atoms with Crippen molar-refractivity contribution in [2.75, 3.05) is 11.3 Å². The van der Waals surface area contributed by atoms with Crippen molar-refractivity contribution >= 4 is 21.9 Å². The lowest BCUT2D eigenvalue weighted by Gasteiger charge is -2.27. The molecule has 0 saturated heterocycles. The number of pyridine rings is 1. The van der Waals surface area contributed by atoms with Gasteiger partial charge in [0.25, 0.3) is 15.9 Å². The fourth-order valence-electron chi connectivity index (χ4n) is 5.21. The van der Waals surface area contributed by atoms with E-state index in [0.717, 1.165) is 36.0 Å². The number of benzene rings is 1. The summed E-state index contributed by atoms with van der Waals surface area (Å²) in [6.45, 7) is 4.15. The van der Waals surface area contributed by atoms with Crippen LogP contribution in [0.1, 0.15) is 60.1 Å². The lowest BCUT2D eigenvalue weighted by atomic mass is 9.85. The molecule has 2 N–H and O–H groups in total. The number of sulfonamides is 1. The van der Waals surface area contributed by atoms with Crippen LogP contribution in [-0.4, -0.2) is 41.9 Å². The van der Waals surface area contributed by atoms with Gasteiger partial charge in [0.05, 0.1) is 16.6 Å². The van der Waals surface area contributed by atoms with E-state index in [9.17, 15) is 13.2 Å². The quantitative estimate of drug-likeness (QED) is 0.523. The van der Waals surface area contributed by atoms with Crippen molar-refractivity contribution in [2.24, 2.45) is 5.92 Å². The highest BCUT2D eigenvalue weighted by molar-refractivity contribution is 7.92. The summed E-state index contributed by atoms with van der Waals surface area (Å²) >= 11 is 0. The number of anilines is 1. The van der Waals surface area contributed by atoms with Crippen LogP contribution in [0.4, 0.5) is 5.95 Å². The monoisotopic (exact) mass is 521 g/mol. The molecule has 1 amide bonds. The van der Waals surface area contributed by atoms with Crippen molar-refractivity contribution in [3.8, 4) is 17.1 Å². The van der Waals surface area contributed by atoms with Crippen LogP contribution in [-0.2, 0) is 10.0 Å². The fourth-order valence-corrected chi connectivity index (χ4v) is 6.17. The number of hydrogen-bond donors (Lipinski definition) is 2. The molecule has 1 aliphatic carbocycles. The molecule has 0 unspecified atom stereocenters. The Morgan fingerprint density at radius 2 is 1.76 bits per heavy atom. The normalized spacial score (nSPS) is 19.8.